The van der Waals surface area contributed by atoms with Crippen LogP contribution in [0.15, 0.2) is 18.2 Å². The standard InChI is InChI=1S/C20H26FN3O3/c1-13-10-14(21)2-4-17(13)18-11-15(6-7-24(18)20(26)27)22-8-9-23-16(12-22)3-5-19(23)25/h2,4,10,15-16,18H,3,5-9,11-12H2,1H3,(H,26,27)/t15?,16-,18?/m1/s1. The summed E-state index contributed by atoms with van der Waals surface area (Å²) in [4.78, 5) is 29.6. The predicted octanol–water partition coefficient (Wildman–Crippen LogP) is 2.62. The molecular weight excluding hydrogens is 349 g/mol. The molecule has 3 atom stereocenters. The first kappa shape index (κ1) is 18.2. The lowest BCUT2D eigenvalue weighted by Crippen LogP contribution is -2.57. The summed E-state index contributed by atoms with van der Waals surface area (Å²) in [7, 11) is 0. The Morgan fingerprint density at radius 1 is 1.19 bits per heavy atom. The molecule has 0 aliphatic carbocycles. The molecule has 27 heavy (non-hydrogen) atoms. The van der Waals surface area contributed by atoms with Crippen molar-refractivity contribution >= 4 is 12.0 Å². The fourth-order valence-electron chi connectivity index (χ4n) is 5.04. The SMILES string of the molecule is Cc1cc(F)ccc1C1CC(N2CCN3C(=O)CC[C@@H]3C2)CCN1C(=O)O. The van der Waals surface area contributed by atoms with Crippen molar-refractivity contribution in [1.29, 1.82) is 0 Å². The van der Waals surface area contributed by atoms with Crippen molar-refractivity contribution in [3.63, 3.8) is 0 Å². The zero-order valence-corrected chi connectivity index (χ0v) is 15.6. The summed E-state index contributed by atoms with van der Waals surface area (Å²) in [6.45, 7) is 4.80. The van der Waals surface area contributed by atoms with Gasteiger partial charge in [0.1, 0.15) is 5.82 Å². The first-order valence-corrected chi connectivity index (χ1v) is 9.73. The minimum Gasteiger partial charge on any atom is -0.465 e. The lowest BCUT2D eigenvalue weighted by molar-refractivity contribution is -0.131. The van der Waals surface area contributed by atoms with E-state index in [1.807, 2.05) is 11.8 Å². The first-order chi connectivity index (χ1) is 12.9. The van der Waals surface area contributed by atoms with Gasteiger partial charge in [-0.1, -0.05) is 6.07 Å². The minimum absolute atomic E-state index is 0.259. The van der Waals surface area contributed by atoms with E-state index in [1.54, 1.807) is 6.07 Å². The van der Waals surface area contributed by atoms with Gasteiger partial charge >= 0.3 is 6.09 Å². The molecule has 0 aromatic heterocycles. The molecule has 146 valence electrons. The first-order valence-electron chi connectivity index (χ1n) is 9.73. The van der Waals surface area contributed by atoms with Gasteiger partial charge in [0.2, 0.25) is 5.91 Å². The topological polar surface area (TPSA) is 64.1 Å². The van der Waals surface area contributed by atoms with Crippen molar-refractivity contribution in [2.75, 3.05) is 26.2 Å². The number of piperazine rings is 1. The highest BCUT2D eigenvalue weighted by Gasteiger charge is 2.41. The second-order valence-electron chi connectivity index (χ2n) is 7.95. The molecule has 3 saturated heterocycles. The van der Waals surface area contributed by atoms with Gasteiger partial charge in [-0.25, -0.2) is 9.18 Å². The van der Waals surface area contributed by atoms with Crippen LogP contribution in [-0.4, -0.2) is 70.1 Å². The van der Waals surface area contributed by atoms with Crippen molar-refractivity contribution in [2.45, 2.75) is 50.7 Å². The van der Waals surface area contributed by atoms with E-state index >= 15 is 0 Å². The number of aryl methyl sites for hydroxylation is 1. The maximum absolute atomic E-state index is 13.5. The summed E-state index contributed by atoms with van der Waals surface area (Å²) in [5.74, 6) is -0.0346. The third-order valence-corrected chi connectivity index (χ3v) is 6.45. The molecule has 3 fully saturated rings. The van der Waals surface area contributed by atoms with Crippen LogP contribution in [0, 0.1) is 12.7 Å². The van der Waals surface area contributed by atoms with Crippen LogP contribution in [-0.2, 0) is 4.79 Å². The molecule has 2 unspecified atom stereocenters. The highest BCUT2D eigenvalue weighted by molar-refractivity contribution is 5.79. The Morgan fingerprint density at radius 3 is 2.74 bits per heavy atom. The number of likely N-dealkylation sites (tertiary alicyclic amines) is 1. The molecule has 2 amide bonds. The van der Waals surface area contributed by atoms with E-state index in [1.165, 1.54) is 17.0 Å². The number of carbonyl (C=O) groups excluding carboxylic acids is 1. The lowest BCUT2D eigenvalue weighted by atomic mass is 9.88. The van der Waals surface area contributed by atoms with Crippen LogP contribution < -0.4 is 0 Å². The fourth-order valence-corrected chi connectivity index (χ4v) is 5.04. The maximum atomic E-state index is 13.5. The smallest absolute Gasteiger partial charge is 0.407 e. The van der Waals surface area contributed by atoms with Gasteiger partial charge < -0.3 is 14.9 Å². The van der Waals surface area contributed by atoms with Gasteiger partial charge in [0.25, 0.3) is 0 Å². The van der Waals surface area contributed by atoms with Crippen LogP contribution in [0.2, 0.25) is 0 Å². The monoisotopic (exact) mass is 375 g/mol. The van der Waals surface area contributed by atoms with Crippen LogP contribution in [0.5, 0.6) is 0 Å². The predicted molar refractivity (Wildman–Crippen MR) is 97.9 cm³/mol. The Morgan fingerprint density at radius 2 is 2.00 bits per heavy atom. The molecule has 0 radical (unpaired) electrons. The van der Waals surface area contributed by atoms with E-state index in [2.05, 4.69) is 4.90 Å². The molecule has 7 heteroatoms. The zero-order chi connectivity index (χ0) is 19.1. The van der Waals surface area contributed by atoms with Crippen molar-refractivity contribution in [3.05, 3.63) is 35.1 Å². The van der Waals surface area contributed by atoms with E-state index in [0.29, 0.717) is 25.4 Å². The molecule has 3 heterocycles. The quantitative estimate of drug-likeness (QED) is 0.863. The normalized spacial score (nSPS) is 29.1. The number of hydrogen-bond acceptors (Lipinski definition) is 3. The molecule has 1 N–H and O–H groups in total. The number of nitrogens with zero attached hydrogens (tertiary/aromatic N) is 3. The maximum Gasteiger partial charge on any atom is 0.407 e. The zero-order valence-electron chi connectivity index (χ0n) is 15.6. The van der Waals surface area contributed by atoms with Crippen LogP contribution in [0.3, 0.4) is 0 Å². The number of rotatable bonds is 2. The van der Waals surface area contributed by atoms with Crippen LogP contribution in [0.25, 0.3) is 0 Å². The van der Waals surface area contributed by atoms with E-state index in [-0.39, 0.29) is 23.8 Å². The van der Waals surface area contributed by atoms with Gasteiger partial charge in [-0.15, -0.1) is 0 Å². The highest BCUT2D eigenvalue weighted by Crippen LogP contribution is 2.36. The van der Waals surface area contributed by atoms with Gasteiger partial charge in [-0.3, -0.25) is 9.69 Å². The summed E-state index contributed by atoms with van der Waals surface area (Å²) in [5.41, 5.74) is 1.68. The van der Waals surface area contributed by atoms with Gasteiger partial charge in [0.15, 0.2) is 0 Å². The number of carboxylic acid groups (broad SMARTS) is 1. The van der Waals surface area contributed by atoms with E-state index in [9.17, 15) is 19.1 Å². The number of hydrogen-bond donors (Lipinski definition) is 1. The van der Waals surface area contributed by atoms with Gasteiger partial charge in [-0.05, 0) is 49.4 Å². The van der Waals surface area contributed by atoms with Gasteiger partial charge in [0, 0.05) is 44.7 Å². The summed E-state index contributed by atoms with van der Waals surface area (Å²) >= 11 is 0. The van der Waals surface area contributed by atoms with Crippen molar-refractivity contribution in [1.82, 2.24) is 14.7 Å². The summed E-state index contributed by atoms with van der Waals surface area (Å²) < 4.78 is 13.5. The number of amides is 2. The van der Waals surface area contributed by atoms with Crippen LogP contribution >= 0.6 is 0 Å². The van der Waals surface area contributed by atoms with Crippen molar-refractivity contribution in [3.8, 4) is 0 Å². The molecule has 1 aromatic rings. The minimum atomic E-state index is -0.923. The van der Waals surface area contributed by atoms with E-state index < -0.39 is 6.09 Å². The molecule has 1 aromatic carbocycles. The third kappa shape index (κ3) is 3.40. The van der Waals surface area contributed by atoms with Crippen molar-refractivity contribution < 1.29 is 19.1 Å². The molecule has 4 rings (SSSR count). The average molecular weight is 375 g/mol. The molecule has 3 aliphatic rings. The summed E-state index contributed by atoms with van der Waals surface area (Å²) in [6.07, 6.45) is 2.15. The molecular formula is C20H26FN3O3. The summed E-state index contributed by atoms with van der Waals surface area (Å²) in [5, 5.41) is 9.66. The number of piperidine rings is 1. The average Bonchev–Trinajstić information content (AvgIpc) is 3.01. The molecule has 3 aliphatic heterocycles. The highest BCUT2D eigenvalue weighted by atomic mass is 19.1. The Kier molecular flexibility index (Phi) is 4.80. The van der Waals surface area contributed by atoms with Crippen molar-refractivity contribution in [2.24, 2.45) is 0 Å². The van der Waals surface area contributed by atoms with Crippen LogP contribution in [0.4, 0.5) is 9.18 Å². The molecule has 0 bridgehead atoms. The summed E-state index contributed by atoms with van der Waals surface area (Å²) in [6, 6.07) is 4.94. The second kappa shape index (κ2) is 7.11. The van der Waals surface area contributed by atoms with E-state index in [0.717, 1.165) is 43.6 Å². The molecule has 6 nitrogen and oxygen atoms in total. The Balaban J connectivity index is 1.53. The number of fused-ring (bicyclic) bond motifs is 1. The van der Waals surface area contributed by atoms with Gasteiger partial charge in [0.05, 0.1) is 6.04 Å². The molecule has 0 spiro atoms. The largest absolute Gasteiger partial charge is 0.465 e. The molecule has 0 saturated carbocycles. The third-order valence-electron chi connectivity index (χ3n) is 6.45. The van der Waals surface area contributed by atoms with Gasteiger partial charge in [-0.2, -0.15) is 0 Å². The van der Waals surface area contributed by atoms with Crippen LogP contribution in [0.1, 0.15) is 42.9 Å². The Bertz CT molecular complexity index is 756. The van der Waals surface area contributed by atoms with E-state index in [4.69, 9.17) is 0 Å². The second-order valence-corrected chi connectivity index (χ2v) is 7.95. The number of halogens is 1. The number of benzene rings is 1. The Labute approximate surface area is 158 Å². The lowest BCUT2D eigenvalue weighted by Gasteiger charge is -2.46. The number of carbonyl (C=O) groups is 2. The Hall–Kier alpha value is -2.15. The fraction of sp³-hybridized carbons (Fsp3) is 0.600.